The summed E-state index contributed by atoms with van der Waals surface area (Å²) in [6, 6.07) is 0. The van der Waals surface area contributed by atoms with E-state index in [4.69, 9.17) is 9.84 Å². The minimum atomic E-state index is -0.656. The second kappa shape index (κ2) is 10.1. The molecule has 1 rings (SSSR count). The van der Waals surface area contributed by atoms with Crippen LogP contribution in [0.15, 0.2) is 0 Å². The molecule has 0 bridgehead atoms. The SMILES string of the molecule is CCCCOCC(O)CNCC1CCC(C(=O)O)CC1. The molecule has 1 fully saturated rings. The van der Waals surface area contributed by atoms with Crippen molar-refractivity contribution in [3.05, 3.63) is 0 Å². The summed E-state index contributed by atoms with van der Waals surface area (Å²) in [5, 5.41) is 21.9. The largest absolute Gasteiger partial charge is 0.481 e. The summed E-state index contributed by atoms with van der Waals surface area (Å²) in [5.74, 6) is -0.265. The Bertz CT molecular complexity index is 265. The molecule has 0 aromatic heterocycles. The highest BCUT2D eigenvalue weighted by Gasteiger charge is 2.25. The maximum absolute atomic E-state index is 10.8. The summed E-state index contributed by atoms with van der Waals surface area (Å²) < 4.78 is 5.36. The Labute approximate surface area is 121 Å². The van der Waals surface area contributed by atoms with Crippen molar-refractivity contribution in [2.24, 2.45) is 11.8 Å². The summed E-state index contributed by atoms with van der Waals surface area (Å²) in [5.41, 5.74) is 0. The second-order valence-electron chi connectivity index (χ2n) is 5.80. The lowest BCUT2D eigenvalue weighted by atomic mass is 9.82. The van der Waals surface area contributed by atoms with Crippen molar-refractivity contribution in [3.8, 4) is 0 Å². The van der Waals surface area contributed by atoms with Crippen LogP contribution >= 0.6 is 0 Å². The number of hydrogen-bond donors (Lipinski definition) is 3. The van der Waals surface area contributed by atoms with Gasteiger partial charge in [0.25, 0.3) is 0 Å². The Balaban J connectivity index is 2.00. The predicted octanol–water partition coefficient (Wildman–Crippen LogP) is 1.64. The molecule has 118 valence electrons. The van der Waals surface area contributed by atoms with Gasteiger partial charge in [-0.25, -0.2) is 0 Å². The molecular formula is C15H29NO4. The van der Waals surface area contributed by atoms with E-state index >= 15 is 0 Å². The smallest absolute Gasteiger partial charge is 0.306 e. The lowest BCUT2D eigenvalue weighted by Crippen LogP contribution is -2.35. The first-order chi connectivity index (χ1) is 9.63. The van der Waals surface area contributed by atoms with Crippen molar-refractivity contribution in [2.75, 3.05) is 26.3 Å². The number of aliphatic hydroxyl groups is 1. The fraction of sp³-hybridized carbons (Fsp3) is 0.933. The molecule has 5 heteroatoms. The number of rotatable bonds is 10. The van der Waals surface area contributed by atoms with Gasteiger partial charge in [-0.3, -0.25) is 4.79 Å². The van der Waals surface area contributed by atoms with Gasteiger partial charge in [-0.05, 0) is 44.6 Å². The van der Waals surface area contributed by atoms with Crippen LogP contribution in [-0.4, -0.2) is 48.6 Å². The molecule has 20 heavy (non-hydrogen) atoms. The van der Waals surface area contributed by atoms with Crippen LogP contribution in [0.1, 0.15) is 45.4 Å². The van der Waals surface area contributed by atoms with Gasteiger partial charge in [0.15, 0.2) is 0 Å². The number of aliphatic carboxylic acids is 1. The van der Waals surface area contributed by atoms with Crippen LogP contribution in [0.3, 0.4) is 0 Å². The zero-order chi connectivity index (χ0) is 14.8. The van der Waals surface area contributed by atoms with Crippen LogP contribution in [0.4, 0.5) is 0 Å². The molecule has 3 N–H and O–H groups in total. The van der Waals surface area contributed by atoms with E-state index in [2.05, 4.69) is 12.2 Å². The fourth-order valence-corrected chi connectivity index (χ4v) is 2.59. The lowest BCUT2D eigenvalue weighted by Gasteiger charge is -2.26. The third-order valence-electron chi connectivity index (χ3n) is 3.96. The number of carbonyl (C=O) groups is 1. The summed E-state index contributed by atoms with van der Waals surface area (Å²) >= 11 is 0. The Morgan fingerprint density at radius 3 is 2.65 bits per heavy atom. The standard InChI is InChI=1S/C15H29NO4/c1-2-3-8-20-11-14(17)10-16-9-12-4-6-13(7-5-12)15(18)19/h12-14,16-17H,2-11H2,1H3,(H,18,19). The first-order valence-corrected chi connectivity index (χ1v) is 7.82. The molecular weight excluding hydrogens is 258 g/mol. The van der Waals surface area contributed by atoms with E-state index in [0.29, 0.717) is 25.7 Å². The molecule has 1 atom stereocenters. The van der Waals surface area contributed by atoms with Gasteiger partial charge in [0.2, 0.25) is 0 Å². The number of nitrogens with one attached hydrogen (secondary N) is 1. The summed E-state index contributed by atoms with van der Waals surface area (Å²) in [4.78, 5) is 10.8. The fourth-order valence-electron chi connectivity index (χ4n) is 2.59. The van der Waals surface area contributed by atoms with Crippen molar-refractivity contribution in [1.82, 2.24) is 5.32 Å². The molecule has 0 aromatic rings. The van der Waals surface area contributed by atoms with E-state index in [1.165, 1.54) is 0 Å². The maximum atomic E-state index is 10.8. The number of ether oxygens (including phenoxy) is 1. The van der Waals surface area contributed by atoms with Gasteiger partial charge >= 0.3 is 5.97 Å². The summed E-state index contributed by atoms with van der Waals surface area (Å²) in [6.45, 7) is 4.62. The van der Waals surface area contributed by atoms with Gasteiger partial charge in [-0.15, -0.1) is 0 Å². The number of hydrogen-bond acceptors (Lipinski definition) is 4. The summed E-state index contributed by atoms with van der Waals surface area (Å²) in [6.07, 6.45) is 5.18. The molecule has 5 nitrogen and oxygen atoms in total. The van der Waals surface area contributed by atoms with E-state index in [1.807, 2.05) is 0 Å². The highest BCUT2D eigenvalue weighted by molar-refractivity contribution is 5.69. The van der Waals surface area contributed by atoms with E-state index in [9.17, 15) is 9.90 Å². The molecule has 0 aromatic carbocycles. The zero-order valence-electron chi connectivity index (χ0n) is 12.5. The highest BCUT2D eigenvalue weighted by atomic mass is 16.5. The van der Waals surface area contributed by atoms with Crippen LogP contribution in [-0.2, 0) is 9.53 Å². The van der Waals surface area contributed by atoms with Crippen molar-refractivity contribution in [1.29, 1.82) is 0 Å². The van der Waals surface area contributed by atoms with Crippen molar-refractivity contribution in [3.63, 3.8) is 0 Å². The average Bonchev–Trinajstić information content (AvgIpc) is 2.44. The molecule has 1 saturated carbocycles. The molecule has 0 heterocycles. The lowest BCUT2D eigenvalue weighted by molar-refractivity contribution is -0.143. The van der Waals surface area contributed by atoms with Gasteiger partial charge in [0.1, 0.15) is 0 Å². The average molecular weight is 287 g/mol. The minimum absolute atomic E-state index is 0.149. The van der Waals surface area contributed by atoms with Crippen LogP contribution in [0.5, 0.6) is 0 Å². The molecule has 1 unspecified atom stereocenters. The maximum Gasteiger partial charge on any atom is 0.306 e. The van der Waals surface area contributed by atoms with Gasteiger partial charge in [0.05, 0.1) is 18.6 Å². The number of carboxylic acid groups (broad SMARTS) is 1. The molecule has 1 aliphatic carbocycles. The number of unbranched alkanes of at least 4 members (excludes halogenated alkanes) is 1. The topological polar surface area (TPSA) is 78.8 Å². The second-order valence-corrected chi connectivity index (χ2v) is 5.80. The van der Waals surface area contributed by atoms with Crippen LogP contribution in [0.25, 0.3) is 0 Å². The molecule has 1 aliphatic rings. The first kappa shape index (κ1) is 17.4. The van der Waals surface area contributed by atoms with Crippen LogP contribution in [0.2, 0.25) is 0 Å². The van der Waals surface area contributed by atoms with Gasteiger partial charge in [0, 0.05) is 13.2 Å². The third kappa shape index (κ3) is 7.22. The third-order valence-corrected chi connectivity index (χ3v) is 3.96. The number of aliphatic hydroxyl groups excluding tert-OH is 1. The Hall–Kier alpha value is -0.650. The predicted molar refractivity (Wildman–Crippen MR) is 77.7 cm³/mol. The Morgan fingerprint density at radius 2 is 2.05 bits per heavy atom. The first-order valence-electron chi connectivity index (χ1n) is 7.82. The quantitative estimate of drug-likeness (QED) is 0.532. The Kier molecular flexibility index (Phi) is 8.82. The van der Waals surface area contributed by atoms with Crippen LogP contribution in [0, 0.1) is 11.8 Å². The van der Waals surface area contributed by atoms with E-state index in [-0.39, 0.29) is 5.92 Å². The van der Waals surface area contributed by atoms with E-state index in [0.717, 1.165) is 45.1 Å². The Morgan fingerprint density at radius 1 is 1.35 bits per heavy atom. The highest BCUT2D eigenvalue weighted by Crippen LogP contribution is 2.28. The molecule has 0 aliphatic heterocycles. The summed E-state index contributed by atoms with van der Waals surface area (Å²) in [7, 11) is 0. The van der Waals surface area contributed by atoms with Crippen molar-refractivity contribution in [2.45, 2.75) is 51.6 Å². The van der Waals surface area contributed by atoms with E-state index < -0.39 is 12.1 Å². The van der Waals surface area contributed by atoms with Gasteiger partial charge in [-0.2, -0.15) is 0 Å². The molecule has 0 amide bonds. The van der Waals surface area contributed by atoms with E-state index in [1.54, 1.807) is 0 Å². The van der Waals surface area contributed by atoms with Crippen molar-refractivity contribution >= 4 is 5.97 Å². The molecule has 0 spiro atoms. The molecule has 0 saturated heterocycles. The molecule has 0 radical (unpaired) electrons. The minimum Gasteiger partial charge on any atom is -0.481 e. The van der Waals surface area contributed by atoms with Crippen molar-refractivity contribution < 1.29 is 19.7 Å². The zero-order valence-corrected chi connectivity index (χ0v) is 12.5. The monoisotopic (exact) mass is 287 g/mol. The number of carboxylic acids is 1. The van der Waals surface area contributed by atoms with Crippen LogP contribution < -0.4 is 5.32 Å². The van der Waals surface area contributed by atoms with Gasteiger partial charge in [-0.1, -0.05) is 13.3 Å². The van der Waals surface area contributed by atoms with Gasteiger partial charge < -0.3 is 20.3 Å². The normalized spacial score (nSPS) is 24.5.